The molecular formula is C17H21NO2. The van der Waals surface area contributed by atoms with E-state index >= 15 is 0 Å². The predicted octanol–water partition coefficient (Wildman–Crippen LogP) is 3.73. The standard InChI is InChI=1S/C17H21NO2/c1-11(2)16(20)17(3,4)10-12-7-8-14(19)15-13(12)6-5-9-18-15/h5-9,11,19H,10H2,1-4H3. The number of hydrogen-bond acceptors (Lipinski definition) is 3. The van der Waals surface area contributed by atoms with E-state index in [1.165, 1.54) is 0 Å². The summed E-state index contributed by atoms with van der Waals surface area (Å²) < 4.78 is 0. The number of phenols is 1. The quantitative estimate of drug-likeness (QED) is 0.921. The number of aromatic nitrogens is 1. The van der Waals surface area contributed by atoms with Gasteiger partial charge in [0, 0.05) is 22.9 Å². The van der Waals surface area contributed by atoms with E-state index in [0.717, 1.165) is 10.9 Å². The van der Waals surface area contributed by atoms with Gasteiger partial charge in [0.25, 0.3) is 0 Å². The number of ketones is 1. The van der Waals surface area contributed by atoms with Crippen LogP contribution in [0, 0.1) is 11.3 Å². The molecule has 1 heterocycles. The number of nitrogens with zero attached hydrogens (tertiary/aromatic N) is 1. The van der Waals surface area contributed by atoms with Crippen molar-refractivity contribution in [3.8, 4) is 5.75 Å². The number of fused-ring (bicyclic) bond motifs is 1. The maximum atomic E-state index is 12.3. The molecule has 3 heteroatoms. The number of rotatable bonds is 4. The molecule has 0 fully saturated rings. The third kappa shape index (κ3) is 2.67. The molecule has 1 N–H and O–H groups in total. The number of Topliss-reactive ketones (excluding diaryl/α,β-unsaturated/α-hetero) is 1. The second-order valence-electron chi connectivity index (χ2n) is 6.22. The Morgan fingerprint density at radius 3 is 2.65 bits per heavy atom. The van der Waals surface area contributed by atoms with Crippen molar-refractivity contribution in [3.05, 3.63) is 36.0 Å². The van der Waals surface area contributed by atoms with Gasteiger partial charge in [0.1, 0.15) is 17.0 Å². The smallest absolute Gasteiger partial charge is 0.141 e. The van der Waals surface area contributed by atoms with E-state index < -0.39 is 5.41 Å². The van der Waals surface area contributed by atoms with Crippen LogP contribution in [0.1, 0.15) is 33.3 Å². The van der Waals surface area contributed by atoms with Gasteiger partial charge in [0.05, 0.1) is 0 Å². The number of carbonyl (C=O) groups excluding carboxylic acids is 1. The second-order valence-corrected chi connectivity index (χ2v) is 6.22. The molecule has 0 amide bonds. The van der Waals surface area contributed by atoms with Gasteiger partial charge in [-0.1, -0.05) is 39.8 Å². The highest BCUT2D eigenvalue weighted by atomic mass is 16.3. The van der Waals surface area contributed by atoms with Crippen molar-refractivity contribution in [2.75, 3.05) is 0 Å². The number of pyridine rings is 1. The van der Waals surface area contributed by atoms with E-state index in [9.17, 15) is 9.90 Å². The zero-order valence-corrected chi connectivity index (χ0v) is 12.5. The van der Waals surface area contributed by atoms with Gasteiger partial charge < -0.3 is 5.11 Å². The van der Waals surface area contributed by atoms with Crippen molar-refractivity contribution in [1.82, 2.24) is 4.98 Å². The Labute approximate surface area is 119 Å². The predicted molar refractivity (Wildman–Crippen MR) is 80.7 cm³/mol. The van der Waals surface area contributed by atoms with Crippen LogP contribution in [0.15, 0.2) is 30.5 Å². The summed E-state index contributed by atoms with van der Waals surface area (Å²) in [7, 11) is 0. The minimum absolute atomic E-state index is 0.0199. The van der Waals surface area contributed by atoms with Crippen LogP contribution in [0.5, 0.6) is 5.75 Å². The maximum Gasteiger partial charge on any atom is 0.141 e. The van der Waals surface area contributed by atoms with Crippen LogP contribution in [0.25, 0.3) is 10.9 Å². The van der Waals surface area contributed by atoms with Crippen molar-refractivity contribution in [2.24, 2.45) is 11.3 Å². The number of carbonyl (C=O) groups is 1. The Bertz CT molecular complexity index is 644. The van der Waals surface area contributed by atoms with E-state index in [1.807, 2.05) is 45.9 Å². The molecule has 2 aromatic rings. The Kier molecular flexibility index (Phi) is 3.80. The minimum Gasteiger partial charge on any atom is -0.506 e. The average Bonchev–Trinajstić information content (AvgIpc) is 2.41. The van der Waals surface area contributed by atoms with Crippen LogP contribution in [0.4, 0.5) is 0 Å². The highest BCUT2D eigenvalue weighted by molar-refractivity contribution is 5.89. The van der Waals surface area contributed by atoms with E-state index in [2.05, 4.69) is 4.98 Å². The molecule has 0 aliphatic rings. The zero-order chi connectivity index (χ0) is 14.9. The Hall–Kier alpha value is -1.90. The van der Waals surface area contributed by atoms with Gasteiger partial charge in [0.15, 0.2) is 0 Å². The van der Waals surface area contributed by atoms with Crippen molar-refractivity contribution in [2.45, 2.75) is 34.1 Å². The van der Waals surface area contributed by atoms with Gasteiger partial charge in [0.2, 0.25) is 0 Å². The Morgan fingerprint density at radius 2 is 2.00 bits per heavy atom. The summed E-state index contributed by atoms with van der Waals surface area (Å²) in [6.07, 6.45) is 2.31. The van der Waals surface area contributed by atoms with Gasteiger partial charge in [-0.15, -0.1) is 0 Å². The Balaban J connectivity index is 2.45. The van der Waals surface area contributed by atoms with Crippen LogP contribution >= 0.6 is 0 Å². The summed E-state index contributed by atoms with van der Waals surface area (Å²) in [5.41, 5.74) is 1.22. The van der Waals surface area contributed by atoms with Crippen LogP contribution in [-0.2, 0) is 11.2 Å². The van der Waals surface area contributed by atoms with Gasteiger partial charge in [-0.05, 0) is 24.1 Å². The van der Waals surface area contributed by atoms with Crippen LogP contribution in [0.2, 0.25) is 0 Å². The highest BCUT2D eigenvalue weighted by Gasteiger charge is 2.30. The lowest BCUT2D eigenvalue weighted by Crippen LogP contribution is -2.30. The SMILES string of the molecule is CC(C)C(=O)C(C)(C)Cc1ccc(O)c2ncccc12. The molecule has 0 radical (unpaired) electrons. The van der Waals surface area contributed by atoms with Gasteiger partial charge in [-0.25, -0.2) is 0 Å². The highest BCUT2D eigenvalue weighted by Crippen LogP contribution is 2.32. The lowest BCUT2D eigenvalue weighted by atomic mass is 9.77. The molecule has 20 heavy (non-hydrogen) atoms. The molecule has 0 aliphatic carbocycles. The summed E-state index contributed by atoms with van der Waals surface area (Å²) in [6.45, 7) is 7.82. The molecule has 0 saturated heterocycles. The molecule has 0 saturated carbocycles. The third-order valence-electron chi connectivity index (χ3n) is 3.66. The number of benzene rings is 1. The molecule has 2 rings (SSSR count). The first-order valence-electron chi connectivity index (χ1n) is 6.93. The molecule has 0 aliphatic heterocycles. The zero-order valence-electron chi connectivity index (χ0n) is 12.5. The summed E-state index contributed by atoms with van der Waals surface area (Å²) in [5.74, 6) is 0.450. The monoisotopic (exact) mass is 271 g/mol. The molecule has 106 valence electrons. The Morgan fingerprint density at radius 1 is 1.30 bits per heavy atom. The normalized spacial score (nSPS) is 12.1. The molecule has 0 unspecified atom stereocenters. The number of aromatic hydroxyl groups is 1. The first-order chi connectivity index (χ1) is 9.33. The molecular weight excluding hydrogens is 250 g/mol. The largest absolute Gasteiger partial charge is 0.506 e. The molecule has 1 aromatic carbocycles. The van der Waals surface area contributed by atoms with Crippen molar-refractivity contribution in [1.29, 1.82) is 0 Å². The van der Waals surface area contributed by atoms with E-state index in [4.69, 9.17) is 0 Å². The molecule has 0 bridgehead atoms. The van der Waals surface area contributed by atoms with Gasteiger partial charge in [-0.3, -0.25) is 9.78 Å². The molecule has 1 aromatic heterocycles. The lowest BCUT2D eigenvalue weighted by molar-refractivity contribution is -0.130. The van der Waals surface area contributed by atoms with Gasteiger partial charge in [-0.2, -0.15) is 0 Å². The van der Waals surface area contributed by atoms with Crippen molar-refractivity contribution < 1.29 is 9.90 Å². The van der Waals surface area contributed by atoms with Crippen LogP contribution in [0.3, 0.4) is 0 Å². The third-order valence-corrected chi connectivity index (χ3v) is 3.66. The van der Waals surface area contributed by atoms with E-state index in [-0.39, 0.29) is 17.5 Å². The van der Waals surface area contributed by atoms with Crippen molar-refractivity contribution >= 4 is 16.7 Å². The molecule has 0 spiro atoms. The first kappa shape index (κ1) is 14.5. The summed E-state index contributed by atoms with van der Waals surface area (Å²) in [4.78, 5) is 16.5. The number of hydrogen-bond donors (Lipinski definition) is 1. The summed E-state index contributed by atoms with van der Waals surface area (Å²) in [6, 6.07) is 7.32. The van der Waals surface area contributed by atoms with E-state index in [0.29, 0.717) is 11.9 Å². The average molecular weight is 271 g/mol. The molecule has 3 nitrogen and oxygen atoms in total. The fourth-order valence-corrected chi connectivity index (χ4v) is 2.72. The van der Waals surface area contributed by atoms with Gasteiger partial charge >= 0.3 is 0 Å². The lowest BCUT2D eigenvalue weighted by Gasteiger charge is -2.26. The fraction of sp³-hybridized carbons (Fsp3) is 0.412. The van der Waals surface area contributed by atoms with E-state index in [1.54, 1.807) is 12.3 Å². The van der Waals surface area contributed by atoms with Crippen molar-refractivity contribution in [3.63, 3.8) is 0 Å². The summed E-state index contributed by atoms with van der Waals surface area (Å²) in [5, 5.41) is 10.8. The van der Waals surface area contributed by atoms with Crippen LogP contribution < -0.4 is 0 Å². The second kappa shape index (κ2) is 5.23. The first-order valence-corrected chi connectivity index (χ1v) is 6.93. The minimum atomic E-state index is -0.423. The van der Waals surface area contributed by atoms with Crippen LogP contribution in [-0.4, -0.2) is 15.9 Å². The summed E-state index contributed by atoms with van der Waals surface area (Å²) >= 11 is 0. The fourth-order valence-electron chi connectivity index (χ4n) is 2.72. The topological polar surface area (TPSA) is 50.2 Å². The maximum absolute atomic E-state index is 12.3. The number of phenolic OH excluding ortho intramolecular Hbond substituents is 1. The molecule has 0 atom stereocenters.